The molecular formula is C33H34Br2ClNO5. The zero-order valence-electron chi connectivity index (χ0n) is 24.2. The van der Waals surface area contributed by atoms with Crippen LogP contribution < -0.4 is 4.74 Å². The van der Waals surface area contributed by atoms with Gasteiger partial charge in [-0.05, 0) is 69.4 Å². The Hall–Kier alpha value is -2.42. The van der Waals surface area contributed by atoms with E-state index in [1.807, 2.05) is 41.3 Å². The topological polar surface area (TPSA) is 83.9 Å². The number of aliphatic carboxylic acids is 1. The molecule has 6 nitrogen and oxygen atoms in total. The predicted octanol–water partition coefficient (Wildman–Crippen LogP) is 8.60. The molecule has 2 aromatic carbocycles. The molecule has 0 unspecified atom stereocenters. The SMILES string of the molecule is CC1(C)CC(=O)C2=C(C1)N(CCC(=O)O)C1=C(C(=O)CC(C)(C)C1)C2c1cc(Br)cc(Br)c1OCc1ccc(Cl)cc1. The molecule has 0 amide bonds. The quantitative estimate of drug-likeness (QED) is 0.309. The number of ketones is 2. The zero-order valence-corrected chi connectivity index (χ0v) is 28.1. The number of nitrogens with zero attached hydrogens (tertiary/aromatic N) is 1. The number of carboxylic acid groups (broad SMARTS) is 1. The molecule has 0 saturated carbocycles. The van der Waals surface area contributed by atoms with Gasteiger partial charge >= 0.3 is 5.97 Å². The van der Waals surface area contributed by atoms with Crippen molar-refractivity contribution < 1.29 is 24.2 Å². The summed E-state index contributed by atoms with van der Waals surface area (Å²) in [4.78, 5) is 41.9. The van der Waals surface area contributed by atoms with E-state index in [-0.39, 0.29) is 42.0 Å². The molecule has 9 heteroatoms. The lowest BCUT2D eigenvalue weighted by Gasteiger charge is -2.49. The van der Waals surface area contributed by atoms with Gasteiger partial charge in [0.05, 0.1) is 10.9 Å². The third-order valence-electron chi connectivity index (χ3n) is 8.22. The van der Waals surface area contributed by atoms with Crippen LogP contribution in [0.1, 0.15) is 76.8 Å². The Morgan fingerprint density at radius 2 is 1.50 bits per heavy atom. The third kappa shape index (κ3) is 6.27. The monoisotopic (exact) mass is 717 g/mol. The highest BCUT2D eigenvalue weighted by molar-refractivity contribution is 9.11. The van der Waals surface area contributed by atoms with Gasteiger partial charge in [-0.15, -0.1) is 0 Å². The van der Waals surface area contributed by atoms with E-state index in [0.29, 0.717) is 52.1 Å². The van der Waals surface area contributed by atoms with Crippen LogP contribution in [0.15, 0.2) is 67.9 Å². The third-order valence-corrected chi connectivity index (χ3v) is 9.51. The summed E-state index contributed by atoms with van der Waals surface area (Å²) in [7, 11) is 0. The molecule has 5 rings (SSSR count). The number of halogens is 3. The Morgan fingerprint density at radius 3 is 2.02 bits per heavy atom. The van der Waals surface area contributed by atoms with Crippen molar-refractivity contribution in [2.24, 2.45) is 10.8 Å². The van der Waals surface area contributed by atoms with E-state index in [9.17, 15) is 19.5 Å². The molecule has 0 bridgehead atoms. The standard InChI is InChI=1S/C33H34Br2ClNO5/c1-32(2)13-23-29(25(38)15-32)28(30-24(37(23)10-9-27(40)41)14-33(3,4)16-26(30)39)21-11-19(34)12-22(35)31(21)42-17-18-5-7-20(36)8-6-18/h5-8,11-12,28H,9-10,13-17H2,1-4H3,(H,40,41). The number of Topliss-reactive ketones (excluding diaryl/α,β-unsaturated/α-hetero) is 2. The maximum absolute atomic E-state index is 14.1. The second-order valence-corrected chi connectivity index (χ2v) is 15.3. The number of ether oxygens (including phenoxy) is 1. The summed E-state index contributed by atoms with van der Waals surface area (Å²) in [6, 6.07) is 11.3. The minimum atomic E-state index is -0.918. The molecule has 3 aliphatic rings. The lowest BCUT2D eigenvalue weighted by molar-refractivity contribution is -0.137. The largest absolute Gasteiger partial charge is 0.487 e. The van der Waals surface area contributed by atoms with Crippen molar-refractivity contribution in [2.75, 3.05) is 6.54 Å². The van der Waals surface area contributed by atoms with Crippen molar-refractivity contribution in [3.05, 3.63) is 84.0 Å². The Kier molecular flexibility index (Phi) is 8.56. The zero-order chi connectivity index (χ0) is 30.6. The summed E-state index contributed by atoms with van der Waals surface area (Å²) in [5.41, 5.74) is 3.84. The number of carbonyl (C=O) groups is 3. The van der Waals surface area contributed by atoms with Gasteiger partial charge < -0.3 is 14.7 Å². The van der Waals surface area contributed by atoms with Crippen molar-refractivity contribution in [3.8, 4) is 5.75 Å². The van der Waals surface area contributed by atoms with Crippen LogP contribution in [0.5, 0.6) is 5.75 Å². The maximum Gasteiger partial charge on any atom is 0.305 e. The van der Waals surface area contributed by atoms with Gasteiger partial charge in [-0.1, -0.05) is 67.4 Å². The van der Waals surface area contributed by atoms with Crippen molar-refractivity contribution in [1.82, 2.24) is 4.90 Å². The summed E-state index contributed by atoms with van der Waals surface area (Å²) >= 11 is 13.4. The maximum atomic E-state index is 14.1. The van der Waals surface area contributed by atoms with E-state index < -0.39 is 11.9 Å². The molecule has 1 N–H and O–H groups in total. The van der Waals surface area contributed by atoms with Crippen LogP contribution in [-0.4, -0.2) is 34.1 Å². The lowest BCUT2D eigenvalue weighted by Crippen LogP contribution is -2.45. The minimum absolute atomic E-state index is 0.0180. The molecule has 0 radical (unpaired) electrons. The van der Waals surface area contributed by atoms with Crippen LogP contribution in [0.4, 0.5) is 0 Å². The first-order valence-corrected chi connectivity index (χ1v) is 16.0. The summed E-state index contributed by atoms with van der Waals surface area (Å²) in [5, 5.41) is 10.2. The number of carboxylic acids is 1. The predicted molar refractivity (Wildman–Crippen MR) is 169 cm³/mol. The summed E-state index contributed by atoms with van der Waals surface area (Å²) in [6.45, 7) is 8.73. The Labute approximate surface area is 268 Å². The number of allylic oxidation sites excluding steroid dienone is 4. The summed E-state index contributed by atoms with van der Waals surface area (Å²) < 4.78 is 7.93. The molecule has 0 fully saturated rings. The van der Waals surface area contributed by atoms with Crippen LogP contribution in [0.25, 0.3) is 0 Å². The van der Waals surface area contributed by atoms with Crippen LogP contribution in [-0.2, 0) is 21.0 Å². The molecule has 222 valence electrons. The fraction of sp³-hybridized carbons (Fsp3) is 0.424. The van der Waals surface area contributed by atoms with E-state index in [1.54, 1.807) is 0 Å². The highest BCUT2D eigenvalue weighted by atomic mass is 79.9. The first-order valence-electron chi connectivity index (χ1n) is 14.0. The molecule has 42 heavy (non-hydrogen) atoms. The molecular weight excluding hydrogens is 686 g/mol. The average Bonchev–Trinajstić information content (AvgIpc) is 2.85. The number of carbonyl (C=O) groups excluding carboxylic acids is 2. The van der Waals surface area contributed by atoms with Crippen molar-refractivity contribution in [3.63, 3.8) is 0 Å². The number of hydrogen-bond acceptors (Lipinski definition) is 5. The normalized spacial score (nSPS) is 20.0. The molecule has 0 saturated heterocycles. The highest BCUT2D eigenvalue weighted by Crippen LogP contribution is 2.56. The van der Waals surface area contributed by atoms with Crippen LogP contribution in [0, 0.1) is 10.8 Å². The summed E-state index contributed by atoms with van der Waals surface area (Å²) in [6.07, 6.45) is 1.79. The average molecular weight is 720 g/mol. The van der Waals surface area contributed by atoms with Gasteiger partial charge in [-0.2, -0.15) is 0 Å². The van der Waals surface area contributed by atoms with E-state index in [1.165, 1.54) is 0 Å². The van der Waals surface area contributed by atoms with Gasteiger partial charge in [-0.25, -0.2) is 0 Å². The molecule has 0 spiro atoms. The van der Waals surface area contributed by atoms with E-state index >= 15 is 0 Å². The Bertz CT molecular complexity index is 1490. The molecule has 1 aliphatic heterocycles. The lowest BCUT2D eigenvalue weighted by atomic mass is 9.63. The summed E-state index contributed by atoms with van der Waals surface area (Å²) in [5.74, 6) is -1.02. The molecule has 0 atom stereocenters. The van der Waals surface area contributed by atoms with Gasteiger partial charge in [-0.3, -0.25) is 14.4 Å². The first-order chi connectivity index (χ1) is 19.7. The van der Waals surface area contributed by atoms with Crippen molar-refractivity contribution in [2.45, 2.75) is 72.3 Å². The fourth-order valence-corrected chi connectivity index (χ4v) is 8.02. The second kappa shape index (κ2) is 11.6. The van der Waals surface area contributed by atoms with E-state index in [2.05, 4.69) is 59.6 Å². The van der Waals surface area contributed by atoms with Gasteiger partial charge in [0.1, 0.15) is 12.4 Å². The Balaban J connectivity index is 1.73. The van der Waals surface area contributed by atoms with Gasteiger partial charge in [0.2, 0.25) is 0 Å². The second-order valence-electron chi connectivity index (χ2n) is 13.1. The number of rotatable bonds is 7. The smallest absolute Gasteiger partial charge is 0.305 e. The van der Waals surface area contributed by atoms with Crippen LogP contribution in [0.2, 0.25) is 5.02 Å². The fourth-order valence-electron chi connectivity index (χ4n) is 6.52. The molecule has 2 aromatic rings. The van der Waals surface area contributed by atoms with Gasteiger partial charge in [0.25, 0.3) is 0 Å². The molecule has 0 aromatic heterocycles. The molecule has 1 heterocycles. The number of benzene rings is 2. The van der Waals surface area contributed by atoms with Crippen LogP contribution >= 0.6 is 43.5 Å². The van der Waals surface area contributed by atoms with E-state index in [0.717, 1.165) is 27.0 Å². The van der Waals surface area contributed by atoms with Gasteiger partial charge in [0.15, 0.2) is 11.6 Å². The van der Waals surface area contributed by atoms with Gasteiger partial charge in [0, 0.05) is 62.9 Å². The molecule has 2 aliphatic carbocycles. The number of hydrogen-bond donors (Lipinski definition) is 1. The van der Waals surface area contributed by atoms with Crippen LogP contribution in [0.3, 0.4) is 0 Å². The Morgan fingerprint density at radius 1 is 0.952 bits per heavy atom. The minimum Gasteiger partial charge on any atom is -0.487 e. The first kappa shape index (κ1) is 31.0. The van der Waals surface area contributed by atoms with Crippen molar-refractivity contribution in [1.29, 1.82) is 0 Å². The highest BCUT2D eigenvalue weighted by Gasteiger charge is 2.49. The van der Waals surface area contributed by atoms with Crippen molar-refractivity contribution >= 4 is 61.0 Å². The van der Waals surface area contributed by atoms with E-state index in [4.69, 9.17) is 16.3 Å².